The molecule has 0 spiro atoms. The maximum Gasteiger partial charge on any atom is 0.339 e. The van der Waals surface area contributed by atoms with Gasteiger partial charge in [-0.1, -0.05) is 6.07 Å². The van der Waals surface area contributed by atoms with E-state index < -0.39 is 22.9 Å². The number of nitrogens with zero attached hydrogens (tertiary/aromatic N) is 2. The number of anilines is 1. The van der Waals surface area contributed by atoms with E-state index >= 15 is 0 Å². The van der Waals surface area contributed by atoms with Crippen LogP contribution < -0.4 is 19.7 Å². The van der Waals surface area contributed by atoms with Gasteiger partial charge < -0.3 is 29.2 Å². The molecule has 0 saturated carbocycles. The summed E-state index contributed by atoms with van der Waals surface area (Å²) < 4.78 is 21.1. The molecule has 1 amide bonds. The predicted octanol–water partition coefficient (Wildman–Crippen LogP) is 2.02. The van der Waals surface area contributed by atoms with Crippen molar-refractivity contribution in [2.45, 2.75) is 19.6 Å². The molecule has 11 nitrogen and oxygen atoms in total. The Labute approximate surface area is 189 Å². The Kier molecular flexibility index (Phi) is 6.59. The Bertz CT molecular complexity index is 1070. The standard InChI is InChI=1S/C22H23N3O8/c1-14(21(26)23-12-15-2-5-19-20(10-15)32-13-31-19)33-22(27)16-3-4-17(18(11-16)25(28)29)24-6-8-30-9-7-24/h2-5,10-11,14H,6-9,12-13H2,1H3,(H,23,26). The molecule has 1 N–H and O–H groups in total. The zero-order valence-corrected chi connectivity index (χ0v) is 17.9. The molecule has 1 saturated heterocycles. The van der Waals surface area contributed by atoms with Crippen molar-refractivity contribution in [2.75, 3.05) is 38.0 Å². The maximum atomic E-state index is 12.5. The summed E-state index contributed by atoms with van der Waals surface area (Å²) in [6, 6.07) is 9.45. The number of amides is 1. The molecule has 11 heteroatoms. The molecule has 2 aromatic carbocycles. The number of nitrogens with one attached hydrogen (secondary N) is 1. The van der Waals surface area contributed by atoms with Crippen molar-refractivity contribution in [3.8, 4) is 11.5 Å². The highest BCUT2D eigenvalue weighted by Crippen LogP contribution is 2.32. The van der Waals surface area contributed by atoms with Gasteiger partial charge in [-0.3, -0.25) is 14.9 Å². The third kappa shape index (κ3) is 5.14. The number of nitro benzene ring substituents is 1. The number of ether oxygens (including phenoxy) is 4. The van der Waals surface area contributed by atoms with Gasteiger partial charge in [-0.05, 0) is 36.8 Å². The Hall–Kier alpha value is -3.86. The highest BCUT2D eigenvalue weighted by molar-refractivity contribution is 5.93. The molecule has 0 aromatic heterocycles. The number of hydrogen-bond donors (Lipinski definition) is 1. The fraction of sp³-hybridized carbons (Fsp3) is 0.364. The van der Waals surface area contributed by atoms with Crippen LogP contribution in [0.15, 0.2) is 36.4 Å². The normalized spacial score (nSPS) is 15.6. The van der Waals surface area contributed by atoms with Crippen LogP contribution >= 0.6 is 0 Å². The number of carbonyl (C=O) groups excluding carboxylic acids is 2. The molecule has 174 valence electrons. The lowest BCUT2D eigenvalue weighted by molar-refractivity contribution is -0.384. The fourth-order valence-electron chi connectivity index (χ4n) is 3.53. The Morgan fingerprint density at radius 3 is 2.67 bits per heavy atom. The van der Waals surface area contributed by atoms with Crippen molar-refractivity contribution in [1.29, 1.82) is 0 Å². The van der Waals surface area contributed by atoms with E-state index in [-0.39, 0.29) is 24.6 Å². The summed E-state index contributed by atoms with van der Waals surface area (Å²) in [4.78, 5) is 37.8. The van der Waals surface area contributed by atoms with E-state index in [0.29, 0.717) is 43.5 Å². The van der Waals surface area contributed by atoms with Gasteiger partial charge in [-0.25, -0.2) is 4.79 Å². The average molecular weight is 457 g/mol. The predicted molar refractivity (Wildman–Crippen MR) is 115 cm³/mol. The number of morpholine rings is 1. The van der Waals surface area contributed by atoms with Gasteiger partial charge in [0, 0.05) is 25.7 Å². The number of esters is 1. The molecule has 33 heavy (non-hydrogen) atoms. The van der Waals surface area contributed by atoms with E-state index in [9.17, 15) is 19.7 Å². The third-order valence-electron chi connectivity index (χ3n) is 5.32. The first kappa shape index (κ1) is 22.3. The molecule has 2 aromatic rings. The minimum atomic E-state index is -1.09. The largest absolute Gasteiger partial charge is 0.454 e. The molecular formula is C22H23N3O8. The van der Waals surface area contributed by atoms with Crippen LogP contribution in [0.5, 0.6) is 11.5 Å². The molecule has 1 fully saturated rings. The van der Waals surface area contributed by atoms with Gasteiger partial charge in [0.15, 0.2) is 17.6 Å². The van der Waals surface area contributed by atoms with E-state index in [2.05, 4.69) is 5.32 Å². The molecular weight excluding hydrogens is 434 g/mol. The lowest BCUT2D eigenvalue weighted by Crippen LogP contribution is -2.36. The van der Waals surface area contributed by atoms with E-state index in [1.54, 1.807) is 18.2 Å². The SMILES string of the molecule is CC(OC(=O)c1ccc(N2CCOCC2)c([N+](=O)[O-])c1)C(=O)NCc1ccc2c(c1)OCO2. The molecule has 4 rings (SSSR count). The van der Waals surface area contributed by atoms with Crippen LogP contribution in [-0.2, 0) is 20.8 Å². The molecule has 2 aliphatic rings. The molecule has 0 aliphatic carbocycles. The van der Waals surface area contributed by atoms with Crippen molar-refractivity contribution in [1.82, 2.24) is 5.32 Å². The van der Waals surface area contributed by atoms with Gasteiger partial charge in [0.2, 0.25) is 6.79 Å². The number of rotatable bonds is 7. The summed E-state index contributed by atoms with van der Waals surface area (Å²) >= 11 is 0. The first-order valence-corrected chi connectivity index (χ1v) is 10.4. The number of nitro groups is 1. The molecule has 2 aliphatic heterocycles. The summed E-state index contributed by atoms with van der Waals surface area (Å²) in [5, 5.41) is 14.3. The Morgan fingerprint density at radius 2 is 1.91 bits per heavy atom. The van der Waals surface area contributed by atoms with E-state index in [1.807, 2.05) is 4.90 Å². The second-order valence-corrected chi connectivity index (χ2v) is 7.51. The van der Waals surface area contributed by atoms with Crippen LogP contribution in [0, 0.1) is 10.1 Å². The van der Waals surface area contributed by atoms with Gasteiger partial charge in [0.1, 0.15) is 5.69 Å². The first-order chi connectivity index (χ1) is 15.9. The Balaban J connectivity index is 1.37. The third-order valence-corrected chi connectivity index (χ3v) is 5.32. The van der Waals surface area contributed by atoms with Crippen LogP contribution in [0.25, 0.3) is 0 Å². The van der Waals surface area contributed by atoms with Gasteiger partial charge in [-0.15, -0.1) is 0 Å². The van der Waals surface area contributed by atoms with Crippen molar-refractivity contribution in [3.05, 3.63) is 57.6 Å². The van der Waals surface area contributed by atoms with Gasteiger partial charge >= 0.3 is 5.97 Å². The number of carbonyl (C=O) groups is 2. The minimum Gasteiger partial charge on any atom is -0.454 e. The quantitative estimate of drug-likeness (QED) is 0.377. The molecule has 1 unspecified atom stereocenters. The van der Waals surface area contributed by atoms with Gasteiger partial charge in [0.05, 0.1) is 23.7 Å². The van der Waals surface area contributed by atoms with E-state index in [0.717, 1.165) is 5.56 Å². The number of hydrogen-bond acceptors (Lipinski definition) is 9. The summed E-state index contributed by atoms with van der Waals surface area (Å²) in [6.45, 7) is 3.78. The first-order valence-electron chi connectivity index (χ1n) is 10.4. The van der Waals surface area contributed by atoms with Crippen LogP contribution in [-0.4, -0.2) is 56.0 Å². The second-order valence-electron chi connectivity index (χ2n) is 7.51. The van der Waals surface area contributed by atoms with Gasteiger partial charge in [-0.2, -0.15) is 0 Å². The average Bonchev–Trinajstić information content (AvgIpc) is 3.30. The number of fused-ring (bicyclic) bond motifs is 1. The molecule has 0 bridgehead atoms. The minimum absolute atomic E-state index is 0.00543. The Morgan fingerprint density at radius 1 is 1.15 bits per heavy atom. The van der Waals surface area contributed by atoms with Crippen molar-refractivity contribution in [2.24, 2.45) is 0 Å². The van der Waals surface area contributed by atoms with Crippen LogP contribution in [0.2, 0.25) is 0 Å². The highest BCUT2D eigenvalue weighted by atomic mass is 16.7. The highest BCUT2D eigenvalue weighted by Gasteiger charge is 2.25. The monoisotopic (exact) mass is 457 g/mol. The van der Waals surface area contributed by atoms with Crippen molar-refractivity contribution >= 4 is 23.3 Å². The van der Waals surface area contributed by atoms with E-state index in [4.69, 9.17) is 18.9 Å². The zero-order chi connectivity index (χ0) is 23.4. The van der Waals surface area contributed by atoms with Crippen molar-refractivity contribution in [3.63, 3.8) is 0 Å². The van der Waals surface area contributed by atoms with Crippen LogP contribution in [0.1, 0.15) is 22.8 Å². The summed E-state index contributed by atoms with van der Waals surface area (Å²) in [6.07, 6.45) is -1.09. The topological polar surface area (TPSA) is 129 Å². The summed E-state index contributed by atoms with van der Waals surface area (Å²) in [5.74, 6) is -0.0812. The van der Waals surface area contributed by atoms with E-state index in [1.165, 1.54) is 25.1 Å². The maximum absolute atomic E-state index is 12.5. The smallest absolute Gasteiger partial charge is 0.339 e. The van der Waals surface area contributed by atoms with Crippen LogP contribution in [0.3, 0.4) is 0 Å². The zero-order valence-electron chi connectivity index (χ0n) is 17.9. The lowest BCUT2D eigenvalue weighted by Gasteiger charge is -2.28. The fourth-order valence-corrected chi connectivity index (χ4v) is 3.53. The number of benzene rings is 2. The summed E-state index contributed by atoms with van der Waals surface area (Å²) in [5.41, 5.74) is 0.996. The molecule has 2 heterocycles. The second kappa shape index (κ2) is 9.74. The van der Waals surface area contributed by atoms with Crippen molar-refractivity contribution < 1.29 is 33.5 Å². The lowest BCUT2D eigenvalue weighted by atomic mass is 10.1. The molecule has 0 radical (unpaired) electrons. The summed E-state index contributed by atoms with van der Waals surface area (Å²) in [7, 11) is 0. The van der Waals surface area contributed by atoms with Gasteiger partial charge in [0.25, 0.3) is 11.6 Å². The molecule has 1 atom stereocenters. The van der Waals surface area contributed by atoms with Crippen LogP contribution in [0.4, 0.5) is 11.4 Å².